The van der Waals surface area contributed by atoms with Gasteiger partial charge in [-0.1, -0.05) is 43.2 Å². The van der Waals surface area contributed by atoms with E-state index in [0.29, 0.717) is 11.6 Å². The third kappa shape index (κ3) is 5.82. The number of piperidine rings is 1. The molecule has 1 atom stereocenters. The van der Waals surface area contributed by atoms with Gasteiger partial charge in [0, 0.05) is 43.3 Å². The number of fused-ring (bicyclic) bond motifs is 1. The number of amides is 4. The quantitative estimate of drug-likeness (QED) is 0.242. The van der Waals surface area contributed by atoms with E-state index in [1.54, 1.807) is 25.1 Å². The highest BCUT2D eigenvalue weighted by Gasteiger charge is 2.44. The van der Waals surface area contributed by atoms with Gasteiger partial charge in [-0.2, -0.15) is 0 Å². The lowest BCUT2D eigenvalue weighted by atomic mass is 9.78. The highest BCUT2D eigenvalue weighted by molar-refractivity contribution is 6.23. The third-order valence-electron chi connectivity index (χ3n) is 9.07. The Hall–Kier alpha value is -5.52. The first kappa shape index (κ1) is 30.2. The molecule has 4 amide bonds. The van der Waals surface area contributed by atoms with E-state index < -0.39 is 29.7 Å². The normalized spacial score (nSPS) is 20.8. The number of aryl methyl sites for hydroxylation is 1. The van der Waals surface area contributed by atoms with Crippen molar-refractivity contribution in [3.05, 3.63) is 94.9 Å². The summed E-state index contributed by atoms with van der Waals surface area (Å²) in [6, 6.07) is 20.1. The first-order valence-electron chi connectivity index (χ1n) is 15.5. The molecule has 12 heteroatoms. The van der Waals surface area contributed by atoms with Crippen LogP contribution < -0.4 is 20.1 Å². The molecule has 1 unspecified atom stereocenters. The van der Waals surface area contributed by atoms with Crippen LogP contribution in [0.5, 0.6) is 17.6 Å². The van der Waals surface area contributed by atoms with Crippen molar-refractivity contribution in [3.8, 4) is 17.6 Å². The first-order chi connectivity index (χ1) is 22.5. The van der Waals surface area contributed by atoms with E-state index in [1.165, 1.54) is 0 Å². The molecule has 3 aliphatic rings. The van der Waals surface area contributed by atoms with Crippen LogP contribution in [0.4, 0.5) is 5.69 Å². The van der Waals surface area contributed by atoms with Crippen LogP contribution in [0.15, 0.2) is 71.1 Å². The third-order valence-corrected chi connectivity index (χ3v) is 9.07. The molecule has 1 aromatic heterocycles. The summed E-state index contributed by atoms with van der Waals surface area (Å²) in [5, 5.41) is 13.3. The average Bonchev–Trinajstić information content (AvgIpc) is 3.55. The van der Waals surface area contributed by atoms with Crippen molar-refractivity contribution >= 4 is 29.3 Å². The van der Waals surface area contributed by atoms with Gasteiger partial charge in [-0.25, -0.2) is 0 Å². The number of carbonyl (C=O) groups excluding carboxylic acids is 4. The molecule has 1 saturated heterocycles. The zero-order chi connectivity index (χ0) is 32.9. The summed E-state index contributed by atoms with van der Waals surface area (Å²) in [5.74, 6) is -0.218. The molecular formula is C35H33N5O7. The number of aromatic nitrogens is 2. The van der Waals surface area contributed by atoms with E-state index in [4.69, 9.17) is 13.9 Å². The smallest absolute Gasteiger partial charge is 0.420 e. The molecule has 4 aromatic rings. The van der Waals surface area contributed by atoms with Crippen molar-refractivity contribution in [2.75, 3.05) is 5.32 Å². The number of ether oxygens (including phenoxy) is 2. The Bertz CT molecular complexity index is 1880. The lowest BCUT2D eigenvalue weighted by Crippen LogP contribution is -2.54. The second-order valence-electron chi connectivity index (χ2n) is 12.6. The summed E-state index contributed by atoms with van der Waals surface area (Å²) in [7, 11) is 0. The van der Waals surface area contributed by atoms with Gasteiger partial charge in [-0.3, -0.25) is 29.4 Å². The Kier molecular flexibility index (Phi) is 7.50. The van der Waals surface area contributed by atoms with Gasteiger partial charge in [0.1, 0.15) is 23.6 Å². The maximum absolute atomic E-state index is 13.1. The van der Waals surface area contributed by atoms with Gasteiger partial charge in [-0.15, -0.1) is 5.10 Å². The lowest BCUT2D eigenvalue weighted by Gasteiger charge is -2.36. The van der Waals surface area contributed by atoms with Gasteiger partial charge in [0.05, 0.1) is 11.1 Å². The zero-order valence-electron chi connectivity index (χ0n) is 26.1. The maximum Gasteiger partial charge on any atom is 0.420 e. The number of imide groups is 2. The van der Waals surface area contributed by atoms with E-state index in [-0.39, 0.29) is 47.6 Å². The van der Waals surface area contributed by atoms with E-state index in [1.807, 2.05) is 36.4 Å². The minimum absolute atomic E-state index is 0.0437. The standard InChI is InChI=1S/C35H33N5O7/c1-19-38-39-34(45-19)47-25-11-6-21(7-12-25)35(2,3)20-4-9-24(10-5-20)46-26-16-23(17-26)36-22-8-13-27-28(18-22)33(44)40(32(27)43)29-14-15-30(41)37-31(29)42/h4-13,18,23,26,29,36H,14-17H2,1-3H3,(H,37,41,42). The second kappa shape index (κ2) is 11.7. The first-order valence-corrected chi connectivity index (χ1v) is 15.5. The van der Waals surface area contributed by atoms with Crippen LogP contribution in [0.25, 0.3) is 0 Å². The summed E-state index contributed by atoms with van der Waals surface area (Å²) in [6.07, 6.45) is 1.91. The lowest BCUT2D eigenvalue weighted by molar-refractivity contribution is -0.136. The molecule has 47 heavy (non-hydrogen) atoms. The van der Waals surface area contributed by atoms with Crippen LogP contribution in [0.2, 0.25) is 0 Å². The number of nitrogens with zero attached hydrogens (tertiary/aromatic N) is 3. The van der Waals surface area contributed by atoms with Crippen molar-refractivity contribution in [3.63, 3.8) is 0 Å². The SMILES string of the molecule is Cc1nnc(Oc2ccc(C(C)(C)c3ccc(OC4CC(Nc5ccc6c(c5)C(=O)N(C5CCC(=O)NC5=O)C6=O)C4)cc3)cc2)o1. The van der Waals surface area contributed by atoms with Crippen LogP contribution in [-0.4, -0.2) is 56.9 Å². The molecule has 3 heterocycles. The summed E-state index contributed by atoms with van der Waals surface area (Å²) in [5.41, 5.74) is 3.23. The Balaban J connectivity index is 0.920. The van der Waals surface area contributed by atoms with Crippen LogP contribution in [0.3, 0.4) is 0 Å². The van der Waals surface area contributed by atoms with Gasteiger partial charge < -0.3 is 19.2 Å². The van der Waals surface area contributed by atoms with Crippen LogP contribution in [-0.2, 0) is 15.0 Å². The number of benzene rings is 3. The highest BCUT2D eigenvalue weighted by Crippen LogP contribution is 2.36. The minimum Gasteiger partial charge on any atom is -0.490 e. The molecule has 2 aliphatic heterocycles. The summed E-state index contributed by atoms with van der Waals surface area (Å²) in [4.78, 5) is 50.9. The molecule has 3 aromatic carbocycles. The summed E-state index contributed by atoms with van der Waals surface area (Å²) < 4.78 is 17.1. The number of anilines is 1. The minimum atomic E-state index is -0.985. The van der Waals surface area contributed by atoms with Gasteiger partial charge in [0.15, 0.2) is 0 Å². The van der Waals surface area contributed by atoms with Crippen LogP contribution >= 0.6 is 0 Å². The predicted octanol–water partition coefficient (Wildman–Crippen LogP) is 4.92. The molecule has 240 valence electrons. The van der Waals surface area contributed by atoms with Gasteiger partial charge >= 0.3 is 6.08 Å². The van der Waals surface area contributed by atoms with E-state index in [2.05, 4.69) is 46.8 Å². The highest BCUT2D eigenvalue weighted by atomic mass is 16.6. The van der Waals surface area contributed by atoms with E-state index in [9.17, 15) is 19.2 Å². The van der Waals surface area contributed by atoms with Crippen LogP contribution in [0.1, 0.15) is 77.3 Å². The molecule has 2 N–H and O–H groups in total. The van der Waals surface area contributed by atoms with E-state index >= 15 is 0 Å². The number of nitrogens with one attached hydrogen (secondary N) is 2. The van der Waals surface area contributed by atoms with Crippen LogP contribution in [0, 0.1) is 6.92 Å². The average molecular weight is 636 g/mol. The molecular weight excluding hydrogens is 602 g/mol. The van der Waals surface area contributed by atoms with Crippen molar-refractivity contribution in [1.82, 2.24) is 20.4 Å². The number of carbonyl (C=O) groups is 4. The molecule has 12 nitrogen and oxygen atoms in total. The topological polar surface area (TPSA) is 153 Å². The summed E-state index contributed by atoms with van der Waals surface area (Å²) in [6.45, 7) is 6.03. The molecule has 7 rings (SSSR count). The molecule has 0 bridgehead atoms. The molecule has 2 fully saturated rings. The fourth-order valence-corrected chi connectivity index (χ4v) is 6.25. The van der Waals surface area contributed by atoms with Crippen molar-refractivity contribution in [1.29, 1.82) is 0 Å². The van der Waals surface area contributed by atoms with Gasteiger partial charge in [0.2, 0.25) is 17.7 Å². The molecule has 0 radical (unpaired) electrons. The Morgan fingerprint density at radius 3 is 2.17 bits per heavy atom. The van der Waals surface area contributed by atoms with Gasteiger partial charge in [0.25, 0.3) is 11.8 Å². The summed E-state index contributed by atoms with van der Waals surface area (Å²) >= 11 is 0. The van der Waals surface area contributed by atoms with Crippen molar-refractivity contribution in [2.24, 2.45) is 0 Å². The number of hydrogen-bond acceptors (Lipinski definition) is 10. The molecule has 1 saturated carbocycles. The fraction of sp³-hybridized carbons (Fsp3) is 0.314. The van der Waals surface area contributed by atoms with Crippen molar-refractivity contribution in [2.45, 2.75) is 70.1 Å². The molecule has 1 aliphatic carbocycles. The Labute approximate surface area is 270 Å². The van der Waals surface area contributed by atoms with Gasteiger partial charge in [-0.05, 0) is 60.0 Å². The second-order valence-corrected chi connectivity index (χ2v) is 12.6. The maximum atomic E-state index is 13.1. The Morgan fingerprint density at radius 1 is 0.872 bits per heavy atom. The number of hydrogen-bond donors (Lipinski definition) is 2. The van der Waals surface area contributed by atoms with Crippen molar-refractivity contribution < 1.29 is 33.1 Å². The Morgan fingerprint density at radius 2 is 1.53 bits per heavy atom. The monoisotopic (exact) mass is 635 g/mol. The predicted molar refractivity (Wildman–Crippen MR) is 168 cm³/mol. The molecule has 0 spiro atoms. The largest absolute Gasteiger partial charge is 0.490 e. The van der Waals surface area contributed by atoms with E-state index in [0.717, 1.165) is 40.3 Å². The number of rotatable bonds is 9. The fourth-order valence-electron chi connectivity index (χ4n) is 6.25. The zero-order valence-corrected chi connectivity index (χ0v) is 26.1.